The van der Waals surface area contributed by atoms with E-state index in [1.807, 2.05) is 31.2 Å². The van der Waals surface area contributed by atoms with E-state index < -0.39 is 0 Å². The molecule has 0 radical (unpaired) electrons. The van der Waals surface area contributed by atoms with Crippen molar-refractivity contribution < 1.29 is 9.59 Å². The number of fused-ring (bicyclic) bond motifs is 1. The fraction of sp³-hybridized carbons (Fsp3) is 0.0769. The van der Waals surface area contributed by atoms with Gasteiger partial charge >= 0.3 is 0 Å². The van der Waals surface area contributed by atoms with Gasteiger partial charge in [0.15, 0.2) is 0 Å². The Morgan fingerprint density at radius 3 is 2.47 bits per heavy atom. The Balaban J connectivity index is 2.92. The molecule has 2 rings (SSSR count). The van der Waals surface area contributed by atoms with Crippen molar-refractivity contribution in [3.05, 3.63) is 35.9 Å². The summed E-state index contributed by atoms with van der Waals surface area (Å²) in [5.41, 5.74) is 1.49. The van der Waals surface area contributed by atoms with Crippen molar-refractivity contribution in [1.82, 2.24) is 0 Å². The molecule has 0 unspecified atom stereocenters. The van der Waals surface area contributed by atoms with Crippen LogP contribution in [0.15, 0.2) is 40.3 Å². The molecule has 0 bridgehead atoms. The maximum Gasteiger partial charge on any atom is 0.240 e. The molecule has 0 fully saturated rings. The molecule has 0 aromatic heterocycles. The molecule has 0 atom stereocenters. The highest BCUT2D eigenvalue weighted by Crippen LogP contribution is 2.36. The molecule has 0 saturated heterocycles. The summed E-state index contributed by atoms with van der Waals surface area (Å²) < 4.78 is 0. The van der Waals surface area contributed by atoms with E-state index in [4.69, 9.17) is 0 Å². The second kappa shape index (κ2) is 4.54. The molecule has 0 aliphatic rings. The molecule has 0 saturated carbocycles. The molecule has 82 valence electrons. The summed E-state index contributed by atoms with van der Waals surface area (Å²) in [5.74, 6) is 0. The van der Waals surface area contributed by atoms with Crippen LogP contribution in [0, 0.1) is 6.92 Å². The van der Waals surface area contributed by atoms with Crippen LogP contribution in [0.1, 0.15) is 5.56 Å². The molecule has 17 heavy (non-hydrogen) atoms. The number of hydrogen-bond acceptors (Lipinski definition) is 4. The van der Waals surface area contributed by atoms with E-state index in [9.17, 15) is 9.59 Å². The summed E-state index contributed by atoms with van der Waals surface area (Å²) >= 11 is 0. The Bertz CT molecular complexity index is 679. The van der Waals surface area contributed by atoms with Crippen molar-refractivity contribution in [3.8, 4) is 0 Å². The van der Waals surface area contributed by atoms with Crippen molar-refractivity contribution in [1.29, 1.82) is 0 Å². The number of aryl methyl sites for hydroxylation is 1. The minimum absolute atomic E-state index is 0.333. The highest BCUT2D eigenvalue weighted by Gasteiger charge is 2.09. The number of benzene rings is 2. The van der Waals surface area contributed by atoms with Gasteiger partial charge in [-0.1, -0.05) is 24.3 Å². The van der Waals surface area contributed by atoms with Crippen LogP contribution in [0.3, 0.4) is 0 Å². The number of isocyanates is 2. The van der Waals surface area contributed by atoms with E-state index in [1.54, 1.807) is 6.07 Å². The van der Waals surface area contributed by atoms with Gasteiger partial charge in [-0.25, -0.2) is 9.59 Å². The first-order chi connectivity index (χ1) is 8.27. The van der Waals surface area contributed by atoms with E-state index in [0.29, 0.717) is 11.4 Å². The Morgan fingerprint density at radius 1 is 1.06 bits per heavy atom. The van der Waals surface area contributed by atoms with Crippen molar-refractivity contribution in [2.24, 2.45) is 9.98 Å². The number of carbonyl (C=O) groups excluding carboxylic acids is 2. The van der Waals surface area contributed by atoms with E-state index in [-0.39, 0.29) is 0 Å². The fourth-order valence-corrected chi connectivity index (χ4v) is 1.82. The van der Waals surface area contributed by atoms with Crippen LogP contribution in [0.4, 0.5) is 11.4 Å². The third-order valence-corrected chi connectivity index (χ3v) is 2.58. The zero-order chi connectivity index (χ0) is 12.3. The lowest BCUT2D eigenvalue weighted by molar-refractivity contribution is 0.564. The molecular formula is C13H8N2O2. The van der Waals surface area contributed by atoms with Gasteiger partial charge in [0.25, 0.3) is 0 Å². The monoisotopic (exact) mass is 224 g/mol. The van der Waals surface area contributed by atoms with Crippen LogP contribution in [0.25, 0.3) is 10.8 Å². The Labute approximate surface area is 97.3 Å². The van der Waals surface area contributed by atoms with Gasteiger partial charge in [0.05, 0.1) is 0 Å². The molecule has 0 spiro atoms. The quantitative estimate of drug-likeness (QED) is 0.581. The molecule has 0 heterocycles. The van der Waals surface area contributed by atoms with Gasteiger partial charge in [-0.05, 0) is 29.3 Å². The third kappa shape index (κ3) is 1.91. The van der Waals surface area contributed by atoms with Gasteiger partial charge in [-0.15, -0.1) is 0 Å². The largest absolute Gasteiger partial charge is 0.240 e. The first kappa shape index (κ1) is 11.0. The summed E-state index contributed by atoms with van der Waals surface area (Å²) in [5, 5.41) is 1.90. The van der Waals surface area contributed by atoms with Crippen molar-refractivity contribution in [2.45, 2.75) is 6.92 Å². The van der Waals surface area contributed by atoms with Crippen LogP contribution in [-0.2, 0) is 9.59 Å². The minimum atomic E-state index is 0.333. The predicted molar refractivity (Wildman–Crippen MR) is 64.2 cm³/mol. The molecule has 0 amide bonds. The molecule has 0 N–H and O–H groups in total. The smallest absolute Gasteiger partial charge is 0.211 e. The van der Waals surface area contributed by atoms with Crippen molar-refractivity contribution in [3.63, 3.8) is 0 Å². The standard InChI is InChI=1S/C13H8N2O2/c1-9-11-5-3-2-4-10(11)6-12(14-7-16)13(9)15-8-17/h2-6H,1H3. The second-order valence-corrected chi connectivity index (χ2v) is 3.50. The molecule has 2 aromatic carbocycles. The molecule has 4 heteroatoms. The van der Waals surface area contributed by atoms with Crippen LogP contribution in [0.2, 0.25) is 0 Å². The summed E-state index contributed by atoms with van der Waals surface area (Å²) in [6, 6.07) is 9.30. The van der Waals surface area contributed by atoms with Gasteiger partial charge < -0.3 is 0 Å². The maximum absolute atomic E-state index is 10.4. The van der Waals surface area contributed by atoms with Crippen LogP contribution < -0.4 is 0 Å². The van der Waals surface area contributed by atoms with Crippen LogP contribution in [-0.4, -0.2) is 12.2 Å². The first-order valence-electron chi connectivity index (χ1n) is 4.96. The second-order valence-electron chi connectivity index (χ2n) is 3.50. The van der Waals surface area contributed by atoms with Gasteiger partial charge in [0.1, 0.15) is 11.4 Å². The Morgan fingerprint density at radius 2 is 1.76 bits per heavy atom. The normalized spacial score (nSPS) is 9.47. The van der Waals surface area contributed by atoms with Crippen molar-refractivity contribution in [2.75, 3.05) is 0 Å². The fourth-order valence-electron chi connectivity index (χ4n) is 1.82. The summed E-state index contributed by atoms with van der Waals surface area (Å²) in [6.07, 6.45) is 2.93. The van der Waals surface area contributed by atoms with E-state index in [1.165, 1.54) is 12.2 Å². The number of rotatable bonds is 2. The predicted octanol–water partition coefficient (Wildman–Crippen LogP) is 3.08. The summed E-state index contributed by atoms with van der Waals surface area (Å²) in [7, 11) is 0. The van der Waals surface area contributed by atoms with Gasteiger partial charge in [-0.3, -0.25) is 0 Å². The Hall–Kier alpha value is -2.54. The topological polar surface area (TPSA) is 58.9 Å². The molecule has 0 aliphatic heterocycles. The van der Waals surface area contributed by atoms with Gasteiger partial charge in [-0.2, -0.15) is 9.98 Å². The van der Waals surface area contributed by atoms with Crippen LogP contribution >= 0.6 is 0 Å². The molecular weight excluding hydrogens is 216 g/mol. The number of hydrogen-bond donors (Lipinski definition) is 0. The third-order valence-electron chi connectivity index (χ3n) is 2.58. The van der Waals surface area contributed by atoms with E-state index >= 15 is 0 Å². The highest BCUT2D eigenvalue weighted by atomic mass is 16.1. The summed E-state index contributed by atoms with van der Waals surface area (Å²) in [4.78, 5) is 27.9. The zero-order valence-electron chi connectivity index (χ0n) is 9.10. The van der Waals surface area contributed by atoms with Gasteiger partial charge in [0, 0.05) is 0 Å². The number of aliphatic imine (C=N–C) groups is 2. The highest BCUT2D eigenvalue weighted by molar-refractivity contribution is 5.95. The summed E-state index contributed by atoms with van der Waals surface area (Å²) in [6.45, 7) is 1.82. The minimum Gasteiger partial charge on any atom is -0.211 e. The average Bonchev–Trinajstić information content (AvgIpc) is 2.34. The van der Waals surface area contributed by atoms with Crippen molar-refractivity contribution >= 4 is 34.3 Å². The molecule has 0 aliphatic carbocycles. The van der Waals surface area contributed by atoms with E-state index in [0.717, 1.165) is 16.3 Å². The Kier molecular flexibility index (Phi) is 2.93. The molecule has 4 nitrogen and oxygen atoms in total. The first-order valence-corrected chi connectivity index (χ1v) is 4.96. The van der Waals surface area contributed by atoms with E-state index in [2.05, 4.69) is 9.98 Å². The van der Waals surface area contributed by atoms with Crippen LogP contribution in [0.5, 0.6) is 0 Å². The maximum atomic E-state index is 10.4. The average molecular weight is 224 g/mol. The number of nitrogens with zero attached hydrogens (tertiary/aromatic N) is 2. The lowest BCUT2D eigenvalue weighted by Gasteiger charge is -2.06. The van der Waals surface area contributed by atoms with Gasteiger partial charge in [0.2, 0.25) is 12.2 Å². The zero-order valence-corrected chi connectivity index (χ0v) is 9.10. The lowest BCUT2D eigenvalue weighted by Crippen LogP contribution is -1.81. The molecule has 2 aromatic rings. The lowest BCUT2D eigenvalue weighted by atomic mass is 10.0. The SMILES string of the molecule is Cc1c(N=C=O)c(N=C=O)cc2ccccc12.